The van der Waals surface area contributed by atoms with Gasteiger partial charge in [0.1, 0.15) is 23.2 Å². The number of aliphatic hydroxyl groups excluding tert-OH is 1. The van der Waals surface area contributed by atoms with E-state index in [0.717, 1.165) is 44.1 Å². The van der Waals surface area contributed by atoms with Gasteiger partial charge in [-0.2, -0.15) is 0 Å². The topological polar surface area (TPSA) is 96.4 Å². The molecule has 1 spiro atoms. The zero-order chi connectivity index (χ0) is 29.0. The zero-order valence-electron chi connectivity index (χ0n) is 24.4. The van der Waals surface area contributed by atoms with Crippen LogP contribution in [0.25, 0.3) is 0 Å². The maximum absolute atomic E-state index is 14.7. The SMILES string of the molecule is CCCCCN1CC=C[C@]23O[C@]4(CC)/C=C\CCCCOC(=O)[C@@H]4[C@H]2C(=O)N([C@@H](CO)Cc2ccccc2)C3C1=O. The van der Waals surface area contributed by atoms with Crippen molar-refractivity contribution in [3.63, 3.8) is 0 Å². The molecule has 2 fully saturated rings. The fourth-order valence-corrected chi connectivity index (χ4v) is 7.31. The van der Waals surface area contributed by atoms with Crippen LogP contribution in [0.4, 0.5) is 0 Å². The average Bonchev–Trinajstić information content (AvgIpc) is 3.35. The largest absolute Gasteiger partial charge is 0.465 e. The third-order valence-corrected chi connectivity index (χ3v) is 9.35. The van der Waals surface area contributed by atoms with Crippen molar-refractivity contribution in [2.45, 2.75) is 88.5 Å². The molecule has 222 valence electrons. The van der Waals surface area contributed by atoms with E-state index in [-0.39, 0.29) is 25.0 Å². The van der Waals surface area contributed by atoms with Crippen molar-refractivity contribution in [1.82, 2.24) is 9.80 Å². The number of allylic oxidation sites excluding steroid dienone is 1. The van der Waals surface area contributed by atoms with E-state index >= 15 is 0 Å². The fourth-order valence-electron chi connectivity index (χ4n) is 7.31. The summed E-state index contributed by atoms with van der Waals surface area (Å²) in [6.07, 6.45) is 14.0. The quantitative estimate of drug-likeness (QED) is 0.278. The van der Waals surface area contributed by atoms with E-state index in [0.29, 0.717) is 25.9 Å². The molecule has 1 N–H and O–H groups in total. The number of likely N-dealkylation sites (tertiary alicyclic amines) is 1. The number of nitrogens with zero attached hydrogens (tertiary/aromatic N) is 2. The van der Waals surface area contributed by atoms with Crippen LogP contribution in [0.1, 0.15) is 64.4 Å². The molecule has 4 aliphatic rings. The van der Waals surface area contributed by atoms with Crippen LogP contribution in [0.5, 0.6) is 0 Å². The van der Waals surface area contributed by atoms with Crippen LogP contribution >= 0.6 is 0 Å². The van der Waals surface area contributed by atoms with E-state index < -0.39 is 41.1 Å². The maximum atomic E-state index is 14.7. The molecule has 1 unspecified atom stereocenters. The van der Waals surface area contributed by atoms with Crippen molar-refractivity contribution in [3.8, 4) is 0 Å². The first-order valence-electron chi connectivity index (χ1n) is 15.4. The molecule has 5 rings (SSSR count). The second-order valence-corrected chi connectivity index (χ2v) is 11.9. The van der Waals surface area contributed by atoms with Crippen molar-refractivity contribution in [1.29, 1.82) is 0 Å². The van der Waals surface area contributed by atoms with Crippen LogP contribution in [-0.4, -0.2) is 82.3 Å². The number of rotatable bonds is 9. The van der Waals surface area contributed by atoms with Crippen LogP contribution in [0, 0.1) is 11.8 Å². The van der Waals surface area contributed by atoms with E-state index in [4.69, 9.17) is 9.47 Å². The van der Waals surface area contributed by atoms with Gasteiger partial charge in [0.05, 0.1) is 25.2 Å². The number of fused-ring (bicyclic) bond motifs is 2. The number of unbranched alkanes of at least 4 members (excludes halogenated alkanes) is 2. The highest BCUT2D eigenvalue weighted by molar-refractivity contribution is 5.99. The molecular formula is C33H44N2O6. The molecule has 0 aliphatic carbocycles. The molecule has 0 radical (unpaired) electrons. The van der Waals surface area contributed by atoms with E-state index in [2.05, 4.69) is 13.0 Å². The second kappa shape index (κ2) is 12.5. The van der Waals surface area contributed by atoms with Gasteiger partial charge in [-0.05, 0) is 44.1 Å². The smallest absolute Gasteiger partial charge is 0.313 e. The van der Waals surface area contributed by atoms with Gasteiger partial charge < -0.3 is 24.4 Å². The number of hydrogen-bond donors (Lipinski definition) is 1. The molecule has 41 heavy (non-hydrogen) atoms. The Balaban J connectivity index is 1.63. The number of cyclic esters (lactones) is 1. The highest BCUT2D eigenvalue weighted by Crippen LogP contribution is 2.58. The lowest BCUT2D eigenvalue weighted by Crippen LogP contribution is -2.59. The van der Waals surface area contributed by atoms with Crippen molar-refractivity contribution >= 4 is 17.8 Å². The molecule has 1 aromatic rings. The molecule has 1 aromatic carbocycles. The highest BCUT2D eigenvalue weighted by atomic mass is 16.6. The number of esters is 1. The lowest BCUT2D eigenvalue weighted by Gasteiger charge is -2.41. The second-order valence-electron chi connectivity index (χ2n) is 11.9. The monoisotopic (exact) mass is 564 g/mol. The number of ether oxygens (including phenoxy) is 2. The Hall–Kier alpha value is -2.97. The molecule has 0 aromatic heterocycles. The Morgan fingerprint density at radius 3 is 2.54 bits per heavy atom. The highest BCUT2D eigenvalue weighted by Gasteiger charge is 2.75. The van der Waals surface area contributed by atoms with Crippen molar-refractivity contribution in [2.75, 3.05) is 26.3 Å². The standard InChI is InChI=1S/C33H44N2O6/c1-3-5-12-19-34-20-14-18-33-26(27-31(39)40-21-13-7-6-11-17-32(27,4-2)41-33)29(37)35(28(33)30(34)38)25(23-36)22-24-15-9-8-10-16-24/h8-11,14-18,25-28,36H,3-7,12-13,19-23H2,1-2H3/b17-11-/t25-,26+,27+,28?,32-,33+/m1/s1. The van der Waals surface area contributed by atoms with Gasteiger partial charge in [-0.1, -0.05) is 81.3 Å². The Labute approximate surface area is 243 Å². The van der Waals surface area contributed by atoms with E-state index in [1.807, 2.05) is 55.5 Å². The van der Waals surface area contributed by atoms with Gasteiger partial charge in [-0.15, -0.1) is 0 Å². The summed E-state index contributed by atoms with van der Waals surface area (Å²) in [6.45, 7) is 5.03. The normalized spacial score (nSPS) is 33.0. The Morgan fingerprint density at radius 1 is 1.00 bits per heavy atom. The Kier molecular flexibility index (Phi) is 9.00. The lowest BCUT2D eigenvalue weighted by atomic mass is 9.73. The van der Waals surface area contributed by atoms with Gasteiger partial charge in [0.15, 0.2) is 0 Å². The summed E-state index contributed by atoms with van der Waals surface area (Å²) in [4.78, 5) is 46.3. The van der Waals surface area contributed by atoms with Crippen molar-refractivity contribution in [3.05, 3.63) is 60.2 Å². The van der Waals surface area contributed by atoms with Gasteiger partial charge in [0.2, 0.25) is 11.8 Å². The lowest BCUT2D eigenvalue weighted by molar-refractivity contribution is -0.163. The van der Waals surface area contributed by atoms with E-state index in [9.17, 15) is 19.5 Å². The predicted molar refractivity (Wildman–Crippen MR) is 155 cm³/mol. The zero-order valence-corrected chi connectivity index (χ0v) is 24.4. The molecule has 2 saturated heterocycles. The third kappa shape index (κ3) is 5.25. The first-order chi connectivity index (χ1) is 19.9. The van der Waals surface area contributed by atoms with Crippen LogP contribution in [0.15, 0.2) is 54.6 Å². The molecule has 8 nitrogen and oxygen atoms in total. The van der Waals surface area contributed by atoms with Crippen molar-refractivity contribution in [2.24, 2.45) is 11.8 Å². The van der Waals surface area contributed by atoms with Gasteiger partial charge >= 0.3 is 5.97 Å². The minimum absolute atomic E-state index is 0.194. The molecule has 4 aliphatic heterocycles. The fraction of sp³-hybridized carbons (Fsp3) is 0.606. The molecule has 0 saturated carbocycles. The summed E-state index contributed by atoms with van der Waals surface area (Å²) in [5.74, 6) is -2.82. The number of carbonyl (C=O) groups is 3. The maximum Gasteiger partial charge on any atom is 0.313 e. The Morgan fingerprint density at radius 2 is 1.80 bits per heavy atom. The molecule has 6 atom stereocenters. The van der Waals surface area contributed by atoms with Gasteiger partial charge in [-0.3, -0.25) is 14.4 Å². The van der Waals surface area contributed by atoms with Crippen LogP contribution in [0.3, 0.4) is 0 Å². The molecular weight excluding hydrogens is 520 g/mol. The van der Waals surface area contributed by atoms with Gasteiger partial charge in [0.25, 0.3) is 0 Å². The first-order valence-corrected chi connectivity index (χ1v) is 15.4. The summed E-state index contributed by atoms with van der Waals surface area (Å²) < 4.78 is 12.8. The number of benzene rings is 1. The number of carbonyl (C=O) groups excluding carboxylic acids is 3. The molecule has 2 amide bonds. The van der Waals surface area contributed by atoms with Crippen LogP contribution in [-0.2, 0) is 30.3 Å². The van der Waals surface area contributed by atoms with Gasteiger partial charge in [0, 0.05) is 13.1 Å². The molecule has 0 bridgehead atoms. The summed E-state index contributed by atoms with van der Waals surface area (Å²) in [5.41, 5.74) is -1.47. The predicted octanol–water partition coefficient (Wildman–Crippen LogP) is 3.82. The number of aliphatic hydroxyl groups is 1. The van der Waals surface area contributed by atoms with E-state index in [1.165, 1.54) is 0 Å². The summed E-state index contributed by atoms with van der Waals surface area (Å²) in [7, 11) is 0. The Bertz CT molecular complexity index is 1170. The minimum atomic E-state index is -1.35. The third-order valence-electron chi connectivity index (χ3n) is 9.35. The summed E-state index contributed by atoms with van der Waals surface area (Å²) in [6, 6.07) is 8.01. The molecule has 8 heteroatoms. The first kappa shape index (κ1) is 29.5. The summed E-state index contributed by atoms with van der Waals surface area (Å²) in [5, 5.41) is 10.7. The minimum Gasteiger partial charge on any atom is -0.465 e. The number of amides is 2. The number of hydrogen-bond acceptors (Lipinski definition) is 6. The van der Waals surface area contributed by atoms with E-state index in [1.54, 1.807) is 9.80 Å². The van der Waals surface area contributed by atoms with Crippen molar-refractivity contribution < 1.29 is 29.0 Å². The average molecular weight is 565 g/mol. The van der Waals surface area contributed by atoms with Gasteiger partial charge in [-0.25, -0.2) is 0 Å². The van der Waals surface area contributed by atoms with Crippen LogP contribution in [0.2, 0.25) is 0 Å². The summed E-state index contributed by atoms with van der Waals surface area (Å²) >= 11 is 0. The van der Waals surface area contributed by atoms with Crippen LogP contribution < -0.4 is 0 Å². The molecule has 4 heterocycles.